The van der Waals surface area contributed by atoms with Crippen molar-refractivity contribution in [3.05, 3.63) is 64.1 Å². The van der Waals surface area contributed by atoms with Crippen LogP contribution in [0.25, 0.3) is 0 Å². The largest absolute Gasteiger partial charge is 0.468 e. The molecule has 0 amide bonds. The first kappa shape index (κ1) is 17.1. The molecule has 0 N–H and O–H groups in total. The number of hydrogen-bond acceptors (Lipinski definition) is 4. The Morgan fingerprint density at radius 3 is 2.54 bits per heavy atom. The molecule has 3 rings (SSSR count). The highest BCUT2D eigenvalue weighted by Gasteiger charge is 2.40. The molecule has 0 aromatic heterocycles. The van der Waals surface area contributed by atoms with Crippen LogP contribution in [0.4, 0.5) is 0 Å². The maximum Gasteiger partial charge on any atom is 0.324 e. The first-order valence-electron chi connectivity index (χ1n) is 7.35. The Kier molecular flexibility index (Phi) is 4.76. The zero-order valence-electron chi connectivity index (χ0n) is 13.0. The summed E-state index contributed by atoms with van der Waals surface area (Å²) in [5.41, 5.74) is 1.87. The average Bonchev–Trinajstić information content (AvgIpc) is 2.60. The highest BCUT2D eigenvalue weighted by Crippen LogP contribution is 2.30. The van der Waals surface area contributed by atoms with Crippen LogP contribution in [0.1, 0.15) is 11.1 Å². The summed E-state index contributed by atoms with van der Waals surface area (Å²) in [5, 5.41) is 0. The van der Waals surface area contributed by atoms with E-state index >= 15 is 0 Å². The molecule has 0 unspecified atom stereocenters. The average molecular weight is 410 g/mol. The van der Waals surface area contributed by atoms with Gasteiger partial charge < -0.3 is 4.74 Å². The molecule has 1 atom stereocenters. The van der Waals surface area contributed by atoms with Gasteiger partial charge in [-0.05, 0) is 29.3 Å². The Balaban J connectivity index is 2.07. The van der Waals surface area contributed by atoms with Crippen LogP contribution >= 0.6 is 15.9 Å². The number of rotatable bonds is 3. The molecule has 5 nitrogen and oxygen atoms in total. The van der Waals surface area contributed by atoms with Crippen molar-refractivity contribution in [2.45, 2.75) is 23.9 Å². The molecule has 2 aromatic rings. The smallest absolute Gasteiger partial charge is 0.324 e. The summed E-state index contributed by atoms with van der Waals surface area (Å²) in [6.45, 7) is 0.144. The second kappa shape index (κ2) is 6.66. The van der Waals surface area contributed by atoms with Gasteiger partial charge >= 0.3 is 5.97 Å². The number of carbonyl (C=O) groups excluding carboxylic acids is 1. The van der Waals surface area contributed by atoms with Crippen LogP contribution in [-0.2, 0) is 32.5 Å². The van der Waals surface area contributed by atoms with Gasteiger partial charge in [0.2, 0.25) is 10.0 Å². The van der Waals surface area contributed by atoms with Gasteiger partial charge in [-0.3, -0.25) is 4.79 Å². The molecule has 0 saturated carbocycles. The minimum atomic E-state index is -3.83. The van der Waals surface area contributed by atoms with Crippen molar-refractivity contribution in [1.82, 2.24) is 4.31 Å². The van der Waals surface area contributed by atoms with Gasteiger partial charge in [0.25, 0.3) is 0 Å². The summed E-state index contributed by atoms with van der Waals surface area (Å²) < 4.78 is 32.9. The third-order valence-corrected chi connectivity index (χ3v) is 6.43. The number of hydrogen-bond donors (Lipinski definition) is 0. The minimum Gasteiger partial charge on any atom is -0.468 e. The van der Waals surface area contributed by atoms with Crippen LogP contribution < -0.4 is 0 Å². The van der Waals surface area contributed by atoms with E-state index in [1.165, 1.54) is 23.5 Å². The van der Waals surface area contributed by atoms with E-state index in [4.69, 9.17) is 4.74 Å². The number of esters is 1. The summed E-state index contributed by atoms with van der Waals surface area (Å²) >= 11 is 3.29. The van der Waals surface area contributed by atoms with E-state index in [0.29, 0.717) is 10.9 Å². The Bertz CT molecular complexity index is 882. The summed E-state index contributed by atoms with van der Waals surface area (Å²) in [6.07, 6.45) is 0.302. The van der Waals surface area contributed by atoms with Crippen molar-refractivity contribution >= 4 is 31.9 Å². The molecule has 126 valence electrons. The van der Waals surface area contributed by atoms with E-state index in [1.54, 1.807) is 12.1 Å². The van der Waals surface area contributed by atoms with E-state index in [1.807, 2.05) is 24.3 Å². The number of nitrogens with zero attached hydrogens (tertiary/aromatic N) is 1. The van der Waals surface area contributed by atoms with Crippen molar-refractivity contribution in [2.75, 3.05) is 7.11 Å². The van der Waals surface area contributed by atoms with E-state index < -0.39 is 22.0 Å². The van der Waals surface area contributed by atoms with E-state index in [2.05, 4.69) is 15.9 Å². The number of halogens is 1. The van der Waals surface area contributed by atoms with Gasteiger partial charge in [0.1, 0.15) is 6.04 Å². The summed E-state index contributed by atoms with van der Waals surface area (Å²) in [5.74, 6) is -0.553. The third-order valence-electron chi connectivity index (χ3n) is 4.08. The molecule has 2 aromatic carbocycles. The SMILES string of the molecule is COC(=O)[C@H]1Cc2ccccc2CN1S(=O)(=O)c1cccc(Br)c1. The maximum absolute atomic E-state index is 13.1. The monoisotopic (exact) mass is 409 g/mol. The van der Waals surface area contributed by atoms with Crippen LogP contribution in [0.3, 0.4) is 0 Å². The molecule has 0 bridgehead atoms. The molecule has 0 spiro atoms. The van der Waals surface area contributed by atoms with Crippen molar-refractivity contribution < 1.29 is 17.9 Å². The lowest BCUT2D eigenvalue weighted by atomic mass is 9.96. The Hall–Kier alpha value is -1.70. The Morgan fingerprint density at radius 2 is 1.88 bits per heavy atom. The normalized spacial score (nSPS) is 18.0. The van der Waals surface area contributed by atoms with Gasteiger partial charge in [-0.15, -0.1) is 0 Å². The summed E-state index contributed by atoms with van der Waals surface area (Å²) in [6, 6.07) is 13.1. The minimum absolute atomic E-state index is 0.144. The molecular weight excluding hydrogens is 394 g/mol. The molecule has 0 saturated heterocycles. The first-order chi connectivity index (χ1) is 11.4. The quantitative estimate of drug-likeness (QED) is 0.731. The van der Waals surface area contributed by atoms with Gasteiger partial charge in [-0.25, -0.2) is 8.42 Å². The number of sulfonamides is 1. The predicted molar refractivity (Wildman–Crippen MR) is 92.8 cm³/mol. The number of ether oxygens (including phenoxy) is 1. The molecule has 7 heteroatoms. The molecule has 1 aliphatic rings. The van der Waals surface area contributed by atoms with E-state index in [9.17, 15) is 13.2 Å². The lowest BCUT2D eigenvalue weighted by Crippen LogP contribution is -2.48. The van der Waals surface area contributed by atoms with Gasteiger partial charge in [-0.1, -0.05) is 46.3 Å². The van der Waals surface area contributed by atoms with Gasteiger partial charge in [0, 0.05) is 17.4 Å². The van der Waals surface area contributed by atoms with Gasteiger partial charge in [0.05, 0.1) is 12.0 Å². The molecule has 0 fully saturated rings. The van der Waals surface area contributed by atoms with Crippen LogP contribution in [0, 0.1) is 0 Å². The van der Waals surface area contributed by atoms with Gasteiger partial charge in [0.15, 0.2) is 0 Å². The topological polar surface area (TPSA) is 63.7 Å². The fraction of sp³-hybridized carbons (Fsp3) is 0.235. The number of fused-ring (bicyclic) bond motifs is 1. The van der Waals surface area contributed by atoms with Crippen LogP contribution in [0.5, 0.6) is 0 Å². The zero-order chi connectivity index (χ0) is 17.3. The summed E-state index contributed by atoms with van der Waals surface area (Å²) in [4.78, 5) is 12.3. The maximum atomic E-state index is 13.1. The predicted octanol–water partition coefficient (Wildman–Crippen LogP) is 2.74. The number of benzene rings is 2. The third kappa shape index (κ3) is 3.11. The fourth-order valence-electron chi connectivity index (χ4n) is 2.85. The standard InChI is InChI=1S/C17H16BrNO4S/c1-23-17(20)16-9-12-5-2-3-6-13(12)11-19(16)24(21,22)15-8-4-7-14(18)10-15/h2-8,10,16H,9,11H2,1H3/t16-/m1/s1. The van der Waals surface area contributed by atoms with Crippen molar-refractivity contribution in [3.8, 4) is 0 Å². The second-order valence-electron chi connectivity index (χ2n) is 5.52. The number of carbonyl (C=O) groups is 1. The Morgan fingerprint density at radius 1 is 1.17 bits per heavy atom. The van der Waals surface area contributed by atoms with Crippen LogP contribution in [-0.4, -0.2) is 31.8 Å². The second-order valence-corrected chi connectivity index (χ2v) is 8.33. The van der Waals surface area contributed by atoms with E-state index in [0.717, 1.165) is 11.1 Å². The van der Waals surface area contributed by atoms with Crippen molar-refractivity contribution in [1.29, 1.82) is 0 Å². The van der Waals surface area contributed by atoms with Crippen molar-refractivity contribution in [3.63, 3.8) is 0 Å². The molecule has 24 heavy (non-hydrogen) atoms. The molecule has 1 aliphatic heterocycles. The lowest BCUT2D eigenvalue weighted by Gasteiger charge is -2.34. The highest BCUT2D eigenvalue weighted by atomic mass is 79.9. The zero-order valence-corrected chi connectivity index (χ0v) is 15.4. The molecule has 1 heterocycles. The Labute approximate surface area is 149 Å². The van der Waals surface area contributed by atoms with Crippen LogP contribution in [0.15, 0.2) is 57.9 Å². The first-order valence-corrected chi connectivity index (χ1v) is 9.59. The number of methoxy groups -OCH3 is 1. The lowest BCUT2D eigenvalue weighted by molar-refractivity contribution is -0.145. The highest BCUT2D eigenvalue weighted by molar-refractivity contribution is 9.10. The van der Waals surface area contributed by atoms with Crippen LogP contribution in [0.2, 0.25) is 0 Å². The van der Waals surface area contributed by atoms with Gasteiger partial charge in [-0.2, -0.15) is 4.31 Å². The summed E-state index contributed by atoms with van der Waals surface area (Å²) in [7, 11) is -2.56. The van der Waals surface area contributed by atoms with Crippen molar-refractivity contribution in [2.24, 2.45) is 0 Å². The molecule has 0 aliphatic carbocycles. The molecular formula is C17H16BrNO4S. The molecule has 0 radical (unpaired) electrons. The van der Waals surface area contributed by atoms with E-state index in [-0.39, 0.29) is 11.4 Å². The fourth-order valence-corrected chi connectivity index (χ4v) is 5.00.